The van der Waals surface area contributed by atoms with Crippen molar-refractivity contribution in [2.24, 2.45) is 0 Å². The van der Waals surface area contributed by atoms with E-state index in [0.717, 1.165) is 6.07 Å². The van der Waals surface area contributed by atoms with E-state index in [2.05, 4.69) is 4.98 Å². The first-order chi connectivity index (χ1) is 13.2. The zero-order valence-electron chi connectivity index (χ0n) is 15.0. The second kappa shape index (κ2) is 6.03. The van der Waals surface area contributed by atoms with Crippen LogP contribution in [0.2, 0.25) is 0 Å². The second-order valence-electron chi connectivity index (χ2n) is 6.95. The molecule has 0 spiro atoms. The average Bonchev–Trinajstić information content (AvgIpc) is 3.00. The van der Waals surface area contributed by atoms with Crippen LogP contribution in [-0.2, 0) is 16.5 Å². The zero-order chi connectivity index (χ0) is 20.3. The summed E-state index contributed by atoms with van der Waals surface area (Å²) in [5, 5.41) is 20.0. The van der Waals surface area contributed by atoms with Crippen LogP contribution in [0.25, 0.3) is 22.4 Å². The fraction of sp³-hybridized carbons (Fsp3) is 0.316. The minimum atomic E-state index is -4.93. The van der Waals surface area contributed by atoms with Gasteiger partial charge in [-0.25, -0.2) is 4.98 Å². The van der Waals surface area contributed by atoms with Crippen molar-refractivity contribution in [2.45, 2.75) is 18.6 Å². The molecule has 28 heavy (non-hydrogen) atoms. The van der Waals surface area contributed by atoms with Gasteiger partial charge in [-0.1, -0.05) is 12.1 Å². The Morgan fingerprint density at radius 1 is 1.18 bits per heavy atom. The van der Waals surface area contributed by atoms with Gasteiger partial charge in [0.25, 0.3) is 0 Å². The lowest BCUT2D eigenvalue weighted by Gasteiger charge is -2.41. The fourth-order valence-corrected chi connectivity index (χ4v) is 3.53. The van der Waals surface area contributed by atoms with Crippen LogP contribution in [0.15, 0.2) is 30.3 Å². The lowest BCUT2D eigenvalue weighted by atomic mass is 9.97. The number of rotatable bonds is 3. The maximum atomic E-state index is 13.8. The Balaban J connectivity index is 2.12. The van der Waals surface area contributed by atoms with Crippen LogP contribution in [-0.4, -0.2) is 40.1 Å². The van der Waals surface area contributed by atoms with Crippen LogP contribution in [0.3, 0.4) is 0 Å². The van der Waals surface area contributed by atoms with E-state index in [0.29, 0.717) is 24.2 Å². The largest absolute Gasteiger partial charge is 0.504 e. The molecular weight excluding hydrogens is 377 g/mol. The molecule has 0 bridgehead atoms. The third-order valence-electron chi connectivity index (χ3n) is 4.91. The molecule has 1 saturated heterocycles. The third kappa shape index (κ3) is 2.57. The first-order valence-corrected chi connectivity index (χ1v) is 8.43. The third-order valence-corrected chi connectivity index (χ3v) is 4.91. The standard InChI is InChI=1S/C19H17F3N2O4/c1-18(8-28-9-18)24-12-6-4-3-5-11(12)23-17(24)10-7-13(27-2)15(25)16(26)14(10)19(20,21)22/h3-7,25-26H,8-9H2,1-2H3. The van der Waals surface area contributed by atoms with E-state index in [1.54, 1.807) is 28.8 Å². The molecule has 2 heterocycles. The van der Waals surface area contributed by atoms with Gasteiger partial charge in [-0.15, -0.1) is 0 Å². The van der Waals surface area contributed by atoms with Crippen molar-refractivity contribution in [1.29, 1.82) is 0 Å². The molecule has 4 rings (SSSR count). The number of halogens is 3. The van der Waals surface area contributed by atoms with Crippen molar-refractivity contribution >= 4 is 11.0 Å². The number of imidazole rings is 1. The highest BCUT2D eigenvalue weighted by Crippen LogP contribution is 2.51. The van der Waals surface area contributed by atoms with E-state index >= 15 is 0 Å². The van der Waals surface area contributed by atoms with Gasteiger partial charge in [-0.2, -0.15) is 13.2 Å². The van der Waals surface area contributed by atoms with Gasteiger partial charge < -0.3 is 24.3 Å². The van der Waals surface area contributed by atoms with Crippen molar-refractivity contribution in [3.63, 3.8) is 0 Å². The molecule has 9 heteroatoms. The molecule has 0 unspecified atom stereocenters. The number of ether oxygens (including phenoxy) is 2. The summed E-state index contributed by atoms with van der Waals surface area (Å²) in [6, 6.07) is 8.01. The molecule has 0 amide bonds. The quantitative estimate of drug-likeness (QED) is 0.660. The number of hydrogen-bond donors (Lipinski definition) is 2. The lowest BCUT2D eigenvalue weighted by molar-refractivity contribution is -0.138. The Kier molecular flexibility index (Phi) is 3.97. The van der Waals surface area contributed by atoms with Gasteiger partial charge in [-0.3, -0.25) is 0 Å². The van der Waals surface area contributed by atoms with Gasteiger partial charge in [-0.05, 0) is 25.1 Å². The summed E-state index contributed by atoms with van der Waals surface area (Å²) >= 11 is 0. The second-order valence-corrected chi connectivity index (χ2v) is 6.95. The van der Waals surface area contributed by atoms with Gasteiger partial charge in [0.15, 0.2) is 11.5 Å². The summed E-state index contributed by atoms with van der Waals surface area (Å²) in [4.78, 5) is 4.41. The van der Waals surface area contributed by atoms with Crippen molar-refractivity contribution in [3.8, 4) is 28.6 Å². The number of nitrogens with zero attached hydrogens (tertiary/aromatic N) is 2. The van der Waals surface area contributed by atoms with E-state index in [1.807, 2.05) is 6.92 Å². The molecule has 1 aromatic heterocycles. The summed E-state index contributed by atoms with van der Waals surface area (Å²) in [5.41, 5.74) is -1.21. The predicted octanol–water partition coefficient (Wildman–Crippen LogP) is 3.89. The predicted molar refractivity (Wildman–Crippen MR) is 94.5 cm³/mol. The highest BCUT2D eigenvalue weighted by atomic mass is 19.4. The zero-order valence-corrected chi connectivity index (χ0v) is 15.0. The van der Waals surface area contributed by atoms with Gasteiger partial charge >= 0.3 is 6.18 Å². The number of aromatic hydroxyl groups is 2. The van der Waals surface area contributed by atoms with E-state index in [4.69, 9.17) is 9.47 Å². The first kappa shape index (κ1) is 18.4. The molecule has 1 aliphatic heterocycles. The smallest absolute Gasteiger partial charge is 0.420 e. The Bertz CT molecular complexity index is 1070. The Hall–Kier alpha value is -2.94. The van der Waals surface area contributed by atoms with E-state index in [9.17, 15) is 23.4 Å². The minimum absolute atomic E-state index is 0.00734. The average molecular weight is 394 g/mol. The number of methoxy groups -OCH3 is 1. The first-order valence-electron chi connectivity index (χ1n) is 8.43. The molecule has 2 aromatic carbocycles. The molecule has 6 nitrogen and oxygen atoms in total. The number of hydrogen-bond acceptors (Lipinski definition) is 5. The molecular formula is C19H17F3N2O4. The maximum absolute atomic E-state index is 13.8. The number of benzene rings is 2. The summed E-state index contributed by atoms with van der Waals surface area (Å²) in [6.07, 6.45) is -4.93. The molecule has 3 aromatic rings. The van der Waals surface area contributed by atoms with Gasteiger partial charge in [0, 0.05) is 5.56 Å². The number of phenols is 2. The number of fused-ring (bicyclic) bond motifs is 1. The van der Waals surface area contributed by atoms with Crippen molar-refractivity contribution in [3.05, 3.63) is 35.9 Å². The monoisotopic (exact) mass is 394 g/mol. The number of phenolic OH excluding ortho intramolecular Hbond substituents is 2. The van der Waals surface area contributed by atoms with Crippen LogP contribution in [0.5, 0.6) is 17.2 Å². The SMILES string of the molecule is COc1cc(-c2nc3ccccc3n2C2(C)COC2)c(C(F)(F)F)c(O)c1O. The summed E-state index contributed by atoms with van der Waals surface area (Å²) in [5.74, 6) is -2.54. The normalized spacial score (nSPS) is 16.2. The summed E-state index contributed by atoms with van der Waals surface area (Å²) in [7, 11) is 1.19. The molecule has 1 fully saturated rings. The molecule has 0 saturated carbocycles. The van der Waals surface area contributed by atoms with E-state index in [-0.39, 0.29) is 17.1 Å². The summed E-state index contributed by atoms with van der Waals surface area (Å²) < 4.78 is 53.4. The number of para-hydroxylation sites is 2. The Labute approximate surface area is 157 Å². The van der Waals surface area contributed by atoms with Crippen molar-refractivity contribution in [2.75, 3.05) is 20.3 Å². The summed E-state index contributed by atoms with van der Waals surface area (Å²) in [6.45, 7) is 2.48. The molecule has 0 aliphatic carbocycles. The molecule has 1 aliphatic rings. The van der Waals surface area contributed by atoms with Crippen molar-refractivity contribution in [1.82, 2.24) is 9.55 Å². The molecule has 148 valence electrons. The highest BCUT2D eigenvalue weighted by Gasteiger charge is 2.43. The van der Waals surface area contributed by atoms with Crippen LogP contribution >= 0.6 is 0 Å². The van der Waals surface area contributed by atoms with E-state index < -0.39 is 28.8 Å². The van der Waals surface area contributed by atoms with Crippen LogP contribution in [0, 0.1) is 0 Å². The van der Waals surface area contributed by atoms with Crippen LogP contribution in [0.4, 0.5) is 13.2 Å². The Morgan fingerprint density at radius 3 is 2.43 bits per heavy atom. The molecule has 0 atom stereocenters. The number of aromatic nitrogens is 2. The van der Waals surface area contributed by atoms with Crippen molar-refractivity contribution < 1.29 is 32.9 Å². The van der Waals surface area contributed by atoms with Gasteiger partial charge in [0.1, 0.15) is 11.4 Å². The Morgan fingerprint density at radius 2 is 1.86 bits per heavy atom. The number of alkyl halides is 3. The molecule has 2 N–H and O–H groups in total. The molecule has 0 radical (unpaired) electrons. The van der Waals surface area contributed by atoms with Gasteiger partial charge in [0.2, 0.25) is 5.75 Å². The van der Waals surface area contributed by atoms with Crippen LogP contribution < -0.4 is 4.74 Å². The topological polar surface area (TPSA) is 76.7 Å². The van der Waals surface area contributed by atoms with E-state index in [1.165, 1.54) is 7.11 Å². The highest BCUT2D eigenvalue weighted by molar-refractivity contribution is 5.83. The fourth-order valence-electron chi connectivity index (χ4n) is 3.53. The van der Waals surface area contributed by atoms with Gasteiger partial charge in [0.05, 0.1) is 36.9 Å². The maximum Gasteiger partial charge on any atom is 0.420 e. The lowest BCUT2D eigenvalue weighted by Crippen LogP contribution is -2.49. The minimum Gasteiger partial charge on any atom is -0.504 e. The van der Waals surface area contributed by atoms with Crippen LogP contribution in [0.1, 0.15) is 12.5 Å².